The summed E-state index contributed by atoms with van der Waals surface area (Å²) in [6, 6.07) is 1.26. The number of aliphatic hydroxyl groups is 2. The second-order valence-corrected chi connectivity index (χ2v) is 7.61. The fourth-order valence-electron chi connectivity index (χ4n) is 3.18. The third-order valence-electron chi connectivity index (χ3n) is 4.97. The van der Waals surface area contributed by atoms with Gasteiger partial charge in [0.25, 0.3) is 0 Å². The summed E-state index contributed by atoms with van der Waals surface area (Å²) >= 11 is 0. The van der Waals surface area contributed by atoms with Gasteiger partial charge in [-0.05, 0) is 53.9 Å². The number of aliphatic hydroxyl groups excluding tert-OH is 2. The molecule has 2 aromatic carbocycles. The van der Waals surface area contributed by atoms with Crippen molar-refractivity contribution in [3.05, 3.63) is 69.8 Å². The summed E-state index contributed by atoms with van der Waals surface area (Å²) in [5.74, 6) is -2.03. The summed E-state index contributed by atoms with van der Waals surface area (Å²) < 4.78 is 156. The van der Waals surface area contributed by atoms with Crippen molar-refractivity contribution in [2.24, 2.45) is 5.92 Å². The molecular formula is C23H19F12FeNO2. The number of halogens is 12. The van der Waals surface area contributed by atoms with Gasteiger partial charge >= 0.3 is 24.7 Å². The molecule has 3 atom stereocenters. The molecule has 0 saturated heterocycles. The molecule has 0 spiro atoms. The second-order valence-electron chi connectivity index (χ2n) is 7.61. The van der Waals surface area contributed by atoms with Gasteiger partial charge in [-0.15, -0.1) is 0 Å². The average molecular weight is 625 g/mol. The Hall–Kier alpha value is -2.47. The van der Waals surface area contributed by atoms with E-state index in [1.54, 1.807) is 0 Å². The van der Waals surface area contributed by atoms with Gasteiger partial charge in [0.15, 0.2) is 0 Å². The van der Waals surface area contributed by atoms with Crippen LogP contribution in [0.25, 0.3) is 0 Å². The quantitative estimate of drug-likeness (QED) is 0.261. The normalized spacial score (nSPS) is 14.7. The van der Waals surface area contributed by atoms with Crippen LogP contribution in [0.1, 0.15) is 65.9 Å². The van der Waals surface area contributed by atoms with Crippen LogP contribution in [0.5, 0.6) is 0 Å². The summed E-state index contributed by atoms with van der Waals surface area (Å²) in [7, 11) is 0. The molecule has 0 aliphatic rings. The van der Waals surface area contributed by atoms with E-state index < -0.39 is 82.6 Å². The van der Waals surface area contributed by atoms with Gasteiger partial charge in [-0.25, -0.2) is 0 Å². The van der Waals surface area contributed by atoms with Crippen LogP contribution in [0.2, 0.25) is 0 Å². The Bertz CT molecular complexity index is 1070. The Morgan fingerprint density at radius 1 is 0.615 bits per heavy atom. The van der Waals surface area contributed by atoms with Gasteiger partial charge < -0.3 is 10.2 Å². The van der Waals surface area contributed by atoms with Crippen molar-refractivity contribution in [3.8, 4) is 6.07 Å². The first kappa shape index (κ1) is 36.5. The van der Waals surface area contributed by atoms with Crippen LogP contribution < -0.4 is 0 Å². The maximum absolute atomic E-state index is 13.0. The fraction of sp³-hybridized carbons (Fsp3) is 0.435. The van der Waals surface area contributed by atoms with Crippen LogP contribution >= 0.6 is 0 Å². The van der Waals surface area contributed by atoms with Gasteiger partial charge in [0, 0.05) is 17.1 Å². The maximum Gasteiger partial charge on any atom is 0.416 e. The van der Waals surface area contributed by atoms with Crippen molar-refractivity contribution >= 4 is 0 Å². The van der Waals surface area contributed by atoms with Crippen LogP contribution in [0.15, 0.2) is 36.4 Å². The molecule has 220 valence electrons. The first-order chi connectivity index (χ1) is 17.1. The largest absolute Gasteiger partial charge is 0.416 e. The summed E-state index contributed by atoms with van der Waals surface area (Å²) in [5, 5.41) is 29.8. The molecule has 2 N–H and O–H groups in total. The molecule has 0 heterocycles. The van der Waals surface area contributed by atoms with Crippen molar-refractivity contribution in [1.82, 2.24) is 0 Å². The Labute approximate surface area is 224 Å². The van der Waals surface area contributed by atoms with E-state index in [9.17, 15) is 68.2 Å². The molecule has 0 amide bonds. The first-order valence-electron chi connectivity index (χ1n) is 10.5. The maximum atomic E-state index is 13.0. The molecule has 0 aliphatic carbocycles. The topological polar surface area (TPSA) is 64.2 Å². The number of benzene rings is 2. The minimum absolute atomic E-state index is 0. The van der Waals surface area contributed by atoms with E-state index in [0.29, 0.717) is 0 Å². The molecule has 0 aliphatic heterocycles. The van der Waals surface area contributed by atoms with Crippen LogP contribution in [-0.2, 0) is 41.8 Å². The van der Waals surface area contributed by atoms with Gasteiger partial charge in [0.1, 0.15) is 0 Å². The van der Waals surface area contributed by atoms with Gasteiger partial charge in [-0.1, -0.05) is 13.8 Å². The van der Waals surface area contributed by atoms with Crippen LogP contribution in [0.4, 0.5) is 52.7 Å². The minimum atomic E-state index is -5.30. The summed E-state index contributed by atoms with van der Waals surface area (Å²) in [5.41, 5.74) is -9.35. The van der Waals surface area contributed by atoms with E-state index in [4.69, 9.17) is 0 Å². The van der Waals surface area contributed by atoms with Crippen molar-refractivity contribution < 1.29 is 80.0 Å². The second kappa shape index (κ2) is 13.3. The van der Waals surface area contributed by atoms with Gasteiger partial charge in [-0.2, -0.15) is 57.9 Å². The standard InChI is InChI=1S/C21H13F12NO2.C2H6.Fe/c22-18(23,24)12-1-9(2-13(6-12)19(25,26)27)16(35)5-11(8-34)17(36)10-3-14(20(28,29)30)7-15(4-10)21(31,32)33;1-2;/h1-4,6-7,11,16-17,35-36H,5H2;1-2H3;. The predicted octanol–water partition coefficient (Wildman–Crippen LogP) is 8.08. The summed E-state index contributed by atoms with van der Waals surface area (Å²) in [6.07, 6.45) is -27.0. The van der Waals surface area contributed by atoms with Crippen molar-refractivity contribution in [2.75, 3.05) is 0 Å². The SMILES string of the molecule is CC.N#CC(CC(O)c1cc(C(F)(F)F)cc(C(F)(F)F)c1)C(O)c1cc(C(F)(F)F)cc(C(F)(F)F)c1.[Fe]. The Balaban J connectivity index is 0.00000470. The fourth-order valence-corrected chi connectivity index (χ4v) is 3.18. The number of hydrogen-bond donors (Lipinski definition) is 2. The zero-order valence-corrected chi connectivity index (χ0v) is 20.7. The van der Waals surface area contributed by atoms with Gasteiger partial charge in [0.05, 0.1) is 46.4 Å². The van der Waals surface area contributed by atoms with E-state index in [-0.39, 0.29) is 53.5 Å². The van der Waals surface area contributed by atoms with E-state index in [2.05, 4.69) is 0 Å². The van der Waals surface area contributed by atoms with E-state index in [0.717, 1.165) is 0 Å². The number of nitrogens with zero attached hydrogens (tertiary/aromatic N) is 1. The van der Waals surface area contributed by atoms with Crippen LogP contribution in [0.3, 0.4) is 0 Å². The Morgan fingerprint density at radius 2 is 0.897 bits per heavy atom. The molecule has 0 radical (unpaired) electrons. The average Bonchev–Trinajstić information content (AvgIpc) is 2.80. The van der Waals surface area contributed by atoms with Crippen LogP contribution in [-0.4, -0.2) is 10.2 Å². The van der Waals surface area contributed by atoms with Crippen molar-refractivity contribution in [1.29, 1.82) is 5.26 Å². The molecule has 0 saturated carbocycles. The molecule has 2 rings (SSSR count). The first-order valence-corrected chi connectivity index (χ1v) is 10.5. The Morgan fingerprint density at radius 3 is 1.15 bits per heavy atom. The van der Waals surface area contributed by atoms with Gasteiger partial charge in [-0.3, -0.25) is 0 Å². The molecule has 2 aromatic rings. The number of alkyl halides is 12. The van der Waals surface area contributed by atoms with Crippen LogP contribution in [0, 0.1) is 17.2 Å². The zero-order chi connectivity index (χ0) is 29.9. The smallest absolute Gasteiger partial charge is 0.388 e. The van der Waals surface area contributed by atoms with Crippen molar-refractivity contribution in [3.63, 3.8) is 0 Å². The molecule has 0 aromatic heterocycles. The number of nitriles is 1. The third kappa shape index (κ3) is 9.90. The van der Waals surface area contributed by atoms with E-state index in [1.807, 2.05) is 13.8 Å². The number of rotatable bonds is 5. The molecule has 3 unspecified atom stereocenters. The van der Waals surface area contributed by atoms with E-state index in [1.165, 1.54) is 6.07 Å². The Kier molecular flexibility index (Phi) is 12.4. The van der Waals surface area contributed by atoms with E-state index >= 15 is 0 Å². The van der Waals surface area contributed by atoms with Gasteiger partial charge in [0.2, 0.25) is 0 Å². The monoisotopic (exact) mass is 625 g/mol. The molecule has 16 heteroatoms. The molecular weight excluding hydrogens is 606 g/mol. The summed E-state index contributed by atoms with van der Waals surface area (Å²) in [6.45, 7) is 4.00. The zero-order valence-electron chi connectivity index (χ0n) is 19.6. The molecule has 3 nitrogen and oxygen atoms in total. The molecule has 39 heavy (non-hydrogen) atoms. The molecule has 0 fully saturated rings. The summed E-state index contributed by atoms with van der Waals surface area (Å²) in [4.78, 5) is 0. The molecule has 0 bridgehead atoms. The minimum Gasteiger partial charge on any atom is -0.388 e. The van der Waals surface area contributed by atoms with Crippen molar-refractivity contribution in [2.45, 2.75) is 57.2 Å². The predicted molar refractivity (Wildman–Crippen MR) is 108 cm³/mol. The number of hydrogen-bond acceptors (Lipinski definition) is 3. The third-order valence-corrected chi connectivity index (χ3v) is 4.97.